The average molecular weight is 340 g/mol. The van der Waals surface area contributed by atoms with Crippen molar-refractivity contribution in [1.29, 1.82) is 0 Å². The number of benzene rings is 2. The molecule has 0 fully saturated rings. The van der Waals surface area contributed by atoms with E-state index in [2.05, 4.69) is 5.32 Å². The summed E-state index contributed by atoms with van der Waals surface area (Å²) in [7, 11) is 0. The maximum atomic E-state index is 11.9. The van der Waals surface area contributed by atoms with Gasteiger partial charge in [-0.05, 0) is 42.3 Å². The van der Waals surface area contributed by atoms with E-state index in [4.69, 9.17) is 23.2 Å². The van der Waals surface area contributed by atoms with E-state index in [-0.39, 0.29) is 5.91 Å². The number of carbonyl (C=O) groups excluding carboxylic acids is 1. The number of amides is 1. The van der Waals surface area contributed by atoms with Gasteiger partial charge >= 0.3 is 0 Å². The molecule has 0 aliphatic heterocycles. The van der Waals surface area contributed by atoms with Crippen molar-refractivity contribution in [2.45, 2.75) is 12.7 Å². The summed E-state index contributed by atoms with van der Waals surface area (Å²) in [5.74, 6) is 0.934. The van der Waals surface area contributed by atoms with Gasteiger partial charge in [-0.1, -0.05) is 41.4 Å². The Kier molecular flexibility index (Phi) is 5.97. The molecule has 2 aromatic carbocycles. The summed E-state index contributed by atoms with van der Waals surface area (Å²) in [5.41, 5.74) is 2.80. The second-order valence-corrected chi connectivity index (χ2v) is 6.41. The molecule has 0 aliphatic carbocycles. The number of nitrogens with one attached hydrogen (secondary N) is 1. The maximum absolute atomic E-state index is 11.9. The number of hydrogen-bond acceptors (Lipinski definition) is 2. The van der Waals surface area contributed by atoms with Gasteiger partial charge in [-0.3, -0.25) is 4.79 Å². The standard InChI is InChI=1S/C16H15Cl2NOS/c1-11-4-2-5-12(8-11)19-16(20)10-21-9-13-14(17)6-3-7-15(13)18/h2-8H,9-10H2,1H3,(H,19,20). The molecule has 0 saturated heterocycles. The van der Waals surface area contributed by atoms with Gasteiger partial charge < -0.3 is 5.32 Å². The summed E-state index contributed by atoms with van der Waals surface area (Å²) in [4.78, 5) is 11.9. The van der Waals surface area contributed by atoms with Crippen LogP contribution in [0.3, 0.4) is 0 Å². The predicted octanol–water partition coefficient (Wildman–Crippen LogP) is 5.17. The molecule has 21 heavy (non-hydrogen) atoms. The zero-order valence-electron chi connectivity index (χ0n) is 11.5. The SMILES string of the molecule is Cc1cccc(NC(=O)CSCc2c(Cl)cccc2Cl)c1. The molecule has 0 bridgehead atoms. The summed E-state index contributed by atoms with van der Waals surface area (Å²) >= 11 is 13.7. The third-order valence-corrected chi connectivity index (χ3v) is 4.51. The molecule has 0 aliphatic rings. The van der Waals surface area contributed by atoms with Crippen LogP contribution in [-0.4, -0.2) is 11.7 Å². The fourth-order valence-electron chi connectivity index (χ4n) is 1.84. The third-order valence-electron chi connectivity index (χ3n) is 2.84. The van der Waals surface area contributed by atoms with E-state index in [1.165, 1.54) is 11.8 Å². The van der Waals surface area contributed by atoms with Crippen molar-refractivity contribution >= 4 is 46.6 Å². The van der Waals surface area contributed by atoms with E-state index in [0.29, 0.717) is 21.6 Å². The molecule has 1 N–H and O–H groups in total. The van der Waals surface area contributed by atoms with Crippen LogP contribution in [0.4, 0.5) is 5.69 Å². The van der Waals surface area contributed by atoms with E-state index in [1.807, 2.05) is 37.3 Å². The lowest BCUT2D eigenvalue weighted by Crippen LogP contribution is -2.14. The number of anilines is 1. The number of aryl methyl sites for hydroxylation is 1. The molecule has 1 amide bonds. The van der Waals surface area contributed by atoms with Crippen LogP contribution in [0.1, 0.15) is 11.1 Å². The van der Waals surface area contributed by atoms with Crippen molar-refractivity contribution in [2.75, 3.05) is 11.1 Å². The predicted molar refractivity (Wildman–Crippen MR) is 92.4 cm³/mol. The van der Waals surface area contributed by atoms with Crippen LogP contribution >= 0.6 is 35.0 Å². The highest BCUT2D eigenvalue weighted by Gasteiger charge is 2.08. The highest BCUT2D eigenvalue weighted by molar-refractivity contribution is 7.99. The summed E-state index contributed by atoms with van der Waals surface area (Å²) in [6.45, 7) is 1.99. The topological polar surface area (TPSA) is 29.1 Å². The van der Waals surface area contributed by atoms with Gasteiger partial charge in [-0.25, -0.2) is 0 Å². The molecule has 2 rings (SSSR count). The Morgan fingerprint density at radius 2 is 1.81 bits per heavy atom. The highest BCUT2D eigenvalue weighted by atomic mass is 35.5. The van der Waals surface area contributed by atoms with E-state index in [9.17, 15) is 4.79 Å². The Morgan fingerprint density at radius 3 is 2.48 bits per heavy atom. The molecule has 0 spiro atoms. The Labute approximate surface area is 138 Å². The monoisotopic (exact) mass is 339 g/mol. The number of carbonyl (C=O) groups is 1. The van der Waals surface area contributed by atoms with Gasteiger partial charge in [0.15, 0.2) is 0 Å². The van der Waals surface area contributed by atoms with Crippen LogP contribution in [0.25, 0.3) is 0 Å². The smallest absolute Gasteiger partial charge is 0.234 e. The Bertz CT molecular complexity index is 626. The zero-order valence-corrected chi connectivity index (χ0v) is 13.9. The maximum Gasteiger partial charge on any atom is 0.234 e. The minimum absolute atomic E-state index is 0.0335. The zero-order chi connectivity index (χ0) is 15.2. The normalized spacial score (nSPS) is 10.4. The Balaban J connectivity index is 1.85. The first-order valence-electron chi connectivity index (χ1n) is 6.43. The largest absolute Gasteiger partial charge is 0.325 e. The van der Waals surface area contributed by atoms with Gasteiger partial charge in [0.05, 0.1) is 5.75 Å². The molecular weight excluding hydrogens is 325 g/mol. The van der Waals surface area contributed by atoms with Crippen LogP contribution in [0, 0.1) is 6.92 Å². The van der Waals surface area contributed by atoms with Crippen molar-refractivity contribution < 1.29 is 4.79 Å². The molecule has 0 heterocycles. The lowest BCUT2D eigenvalue weighted by molar-refractivity contribution is -0.113. The minimum Gasteiger partial charge on any atom is -0.325 e. The third kappa shape index (κ3) is 4.95. The lowest BCUT2D eigenvalue weighted by atomic mass is 10.2. The summed E-state index contributed by atoms with van der Waals surface area (Å²) < 4.78 is 0. The second kappa shape index (κ2) is 7.74. The number of hydrogen-bond donors (Lipinski definition) is 1. The summed E-state index contributed by atoms with van der Waals surface area (Å²) in [5, 5.41) is 4.14. The van der Waals surface area contributed by atoms with Crippen LogP contribution in [0.2, 0.25) is 10.0 Å². The molecule has 110 valence electrons. The molecule has 2 aromatic rings. The molecule has 0 radical (unpaired) electrons. The van der Waals surface area contributed by atoms with Crippen molar-refractivity contribution in [3.05, 3.63) is 63.6 Å². The summed E-state index contributed by atoms with van der Waals surface area (Å²) in [6, 6.07) is 13.1. The molecule has 0 unspecified atom stereocenters. The van der Waals surface area contributed by atoms with Crippen molar-refractivity contribution in [1.82, 2.24) is 0 Å². The quantitative estimate of drug-likeness (QED) is 0.813. The molecular formula is C16H15Cl2NOS. The number of halogens is 2. The second-order valence-electron chi connectivity index (χ2n) is 4.61. The van der Waals surface area contributed by atoms with Crippen molar-refractivity contribution in [3.63, 3.8) is 0 Å². The number of thioether (sulfide) groups is 1. The van der Waals surface area contributed by atoms with Gasteiger partial charge in [-0.15, -0.1) is 11.8 Å². The minimum atomic E-state index is -0.0335. The van der Waals surface area contributed by atoms with Crippen LogP contribution in [0.5, 0.6) is 0 Å². The first-order valence-corrected chi connectivity index (χ1v) is 8.34. The van der Waals surface area contributed by atoms with Gasteiger partial charge in [0.25, 0.3) is 0 Å². The molecule has 2 nitrogen and oxygen atoms in total. The first kappa shape index (κ1) is 16.2. The average Bonchev–Trinajstić information content (AvgIpc) is 2.42. The molecule has 0 saturated carbocycles. The fourth-order valence-corrected chi connectivity index (χ4v) is 3.40. The summed E-state index contributed by atoms with van der Waals surface area (Å²) in [6.07, 6.45) is 0. The van der Waals surface area contributed by atoms with Crippen LogP contribution in [0.15, 0.2) is 42.5 Å². The van der Waals surface area contributed by atoms with Crippen LogP contribution in [-0.2, 0) is 10.5 Å². The Morgan fingerprint density at radius 1 is 1.14 bits per heavy atom. The van der Waals surface area contributed by atoms with Crippen LogP contribution < -0.4 is 5.32 Å². The highest BCUT2D eigenvalue weighted by Crippen LogP contribution is 2.28. The van der Waals surface area contributed by atoms with Gasteiger partial charge in [0.1, 0.15) is 0 Å². The van der Waals surface area contributed by atoms with E-state index >= 15 is 0 Å². The molecule has 0 atom stereocenters. The van der Waals surface area contributed by atoms with E-state index in [1.54, 1.807) is 12.1 Å². The van der Waals surface area contributed by atoms with Gasteiger partial charge in [-0.2, -0.15) is 0 Å². The van der Waals surface area contributed by atoms with Gasteiger partial charge in [0, 0.05) is 21.5 Å². The van der Waals surface area contributed by atoms with E-state index in [0.717, 1.165) is 16.8 Å². The molecule has 5 heteroatoms. The molecule has 0 aromatic heterocycles. The Hall–Kier alpha value is -1.16. The van der Waals surface area contributed by atoms with E-state index < -0.39 is 0 Å². The van der Waals surface area contributed by atoms with Crippen molar-refractivity contribution in [3.8, 4) is 0 Å². The fraction of sp³-hybridized carbons (Fsp3) is 0.188. The van der Waals surface area contributed by atoms with Gasteiger partial charge in [0.2, 0.25) is 5.91 Å². The number of rotatable bonds is 5. The van der Waals surface area contributed by atoms with Crippen molar-refractivity contribution in [2.24, 2.45) is 0 Å². The lowest BCUT2D eigenvalue weighted by Gasteiger charge is -2.08. The first-order chi connectivity index (χ1) is 10.1.